The van der Waals surface area contributed by atoms with E-state index in [1.165, 1.54) is 64.7 Å². The van der Waals surface area contributed by atoms with Crippen molar-refractivity contribution >= 4 is 11.6 Å². The summed E-state index contributed by atoms with van der Waals surface area (Å²) in [6.07, 6.45) is 19.7. The van der Waals surface area contributed by atoms with E-state index < -0.39 is 28.7 Å². The van der Waals surface area contributed by atoms with Gasteiger partial charge in [0.2, 0.25) is 5.78 Å². The van der Waals surface area contributed by atoms with E-state index in [9.17, 15) is 24.9 Å². The zero-order valence-electron chi connectivity index (χ0n) is 19.7. The highest BCUT2D eigenvalue weighted by molar-refractivity contribution is 6.25. The zero-order chi connectivity index (χ0) is 23.3. The van der Waals surface area contributed by atoms with Crippen LogP contribution in [0.15, 0.2) is 34.8 Å². The number of aliphatic hydroxyl groups excluding tert-OH is 2. The van der Waals surface area contributed by atoms with Gasteiger partial charge in [-0.05, 0) is 39.5 Å². The lowest BCUT2D eigenvalue weighted by Crippen LogP contribution is -2.44. The lowest BCUT2D eigenvalue weighted by molar-refractivity contribution is -0.133. The number of rotatable bonds is 16. The third-order valence-corrected chi connectivity index (χ3v) is 6.02. The first-order valence-electron chi connectivity index (χ1n) is 12.0. The molecule has 176 valence electrons. The summed E-state index contributed by atoms with van der Waals surface area (Å²) < 4.78 is 0. The second-order valence-electron chi connectivity index (χ2n) is 8.86. The Hall–Kier alpha value is -1.88. The number of hydrogen-bond donors (Lipinski definition) is 3. The van der Waals surface area contributed by atoms with E-state index in [0.717, 1.165) is 26.2 Å². The Morgan fingerprint density at radius 1 is 0.871 bits per heavy atom. The topological polar surface area (TPSA) is 94.8 Å². The van der Waals surface area contributed by atoms with E-state index in [1.807, 2.05) is 0 Å². The summed E-state index contributed by atoms with van der Waals surface area (Å²) in [5.74, 6) is -2.53. The van der Waals surface area contributed by atoms with Crippen molar-refractivity contribution in [3.63, 3.8) is 0 Å². The summed E-state index contributed by atoms with van der Waals surface area (Å²) in [5, 5.41) is 30.1. The smallest absolute Gasteiger partial charge is 0.209 e. The fraction of sp³-hybridized carbons (Fsp3) is 0.692. The van der Waals surface area contributed by atoms with Gasteiger partial charge >= 0.3 is 0 Å². The van der Waals surface area contributed by atoms with Crippen molar-refractivity contribution in [3.8, 4) is 0 Å². The van der Waals surface area contributed by atoms with Crippen LogP contribution in [0, 0.1) is 0 Å². The number of ketones is 2. The average molecular weight is 435 g/mol. The lowest BCUT2D eigenvalue weighted by atomic mass is 9.81. The largest absolute Gasteiger partial charge is 0.508 e. The minimum Gasteiger partial charge on any atom is -0.508 e. The highest BCUT2D eigenvalue weighted by Gasteiger charge is 2.45. The molecular weight excluding hydrogens is 392 g/mol. The highest BCUT2D eigenvalue weighted by atomic mass is 16.3. The van der Waals surface area contributed by atoms with Gasteiger partial charge in [-0.2, -0.15) is 0 Å². The van der Waals surface area contributed by atoms with Crippen molar-refractivity contribution in [3.05, 3.63) is 34.8 Å². The second-order valence-corrected chi connectivity index (χ2v) is 8.86. The Balaban J connectivity index is 2.15. The standard InChI is InChI=1S/C26H42O5/c1-4-5-6-7-8-9-10-11-12-13-14-15-16-17-18-19-21(27)22-23(28)20(2)24(29)26(3,31)25(22)30/h7-8,28-29,31H,4-6,9-19H2,1-3H3/b8-7-/t26-/m0/s1. The Morgan fingerprint density at radius 3 is 1.90 bits per heavy atom. The summed E-state index contributed by atoms with van der Waals surface area (Å²) in [6.45, 7) is 4.73. The van der Waals surface area contributed by atoms with Gasteiger partial charge in [0.05, 0.1) is 0 Å². The maximum Gasteiger partial charge on any atom is 0.209 e. The third kappa shape index (κ3) is 8.64. The van der Waals surface area contributed by atoms with Gasteiger partial charge in [0.15, 0.2) is 11.4 Å². The number of carbonyl (C=O) groups is 2. The fourth-order valence-corrected chi connectivity index (χ4v) is 3.85. The summed E-state index contributed by atoms with van der Waals surface area (Å²) in [4.78, 5) is 24.8. The molecule has 0 radical (unpaired) electrons. The van der Waals surface area contributed by atoms with E-state index in [0.29, 0.717) is 6.42 Å². The SMILES string of the molecule is CCCC/C=C\CCCCCCCCCCCC(=O)C1=C(O)C(C)=C(O)[C@](C)(O)C1=O. The third-order valence-electron chi connectivity index (χ3n) is 6.02. The normalized spacial score (nSPS) is 19.7. The molecule has 5 nitrogen and oxygen atoms in total. The highest BCUT2D eigenvalue weighted by Crippen LogP contribution is 2.33. The molecule has 1 atom stereocenters. The molecule has 0 unspecified atom stereocenters. The van der Waals surface area contributed by atoms with Crippen molar-refractivity contribution in [1.82, 2.24) is 0 Å². The summed E-state index contributed by atoms with van der Waals surface area (Å²) in [6, 6.07) is 0. The Bertz CT molecular complexity index is 682. The molecule has 0 aromatic rings. The molecule has 0 aromatic heterocycles. The van der Waals surface area contributed by atoms with E-state index >= 15 is 0 Å². The first kappa shape index (κ1) is 27.2. The molecule has 0 spiro atoms. The molecule has 0 bridgehead atoms. The van der Waals surface area contributed by atoms with Crippen molar-refractivity contribution < 1.29 is 24.9 Å². The molecule has 1 aliphatic rings. The molecule has 5 heteroatoms. The molecule has 0 amide bonds. The van der Waals surface area contributed by atoms with Crippen LogP contribution in [0.3, 0.4) is 0 Å². The first-order chi connectivity index (χ1) is 14.7. The van der Waals surface area contributed by atoms with Crippen LogP contribution in [0.4, 0.5) is 0 Å². The van der Waals surface area contributed by atoms with Crippen LogP contribution in [0.2, 0.25) is 0 Å². The van der Waals surface area contributed by atoms with Gasteiger partial charge in [-0.1, -0.05) is 76.9 Å². The van der Waals surface area contributed by atoms with Gasteiger partial charge in [0.25, 0.3) is 0 Å². The Labute approximate surface area is 187 Å². The van der Waals surface area contributed by atoms with Crippen molar-refractivity contribution in [1.29, 1.82) is 0 Å². The van der Waals surface area contributed by atoms with Gasteiger partial charge in [-0.15, -0.1) is 0 Å². The number of allylic oxidation sites excluding steroid dienone is 3. The van der Waals surface area contributed by atoms with Crippen LogP contribution in [0.25, 0.3) is 0 Å². The molecule has 0 heterocycles. The summed E-state index contributed by atoms with van der Waals surface area (Å²) >= 11 is 0. The zero-order valence-corrected chi connectivity index (χ0v) is 19.7. The quantitative estimate of drug-likeness (QED) is 0.145. The molecule has 0 saturated carbocycles. The molecule has 0 saturated heterocycles. The van der Waals surface area contributed by atoms with Crippen LogP contribution in [0.5, 0.6) is 0 Å². The lowest BCUT2D eigenvalue weighted by Gasteiger charge is -2.28. The van der Waals surface area contributed by atoms with E-state index in [1.54, 1.807) is 0 Å². The van der Waals surface area contributed by atoms with Crippen LogP contribution in [0.1, 0.15) is 111 Å². The van der Waals surface area contributed by atoms with Crippen molar-refractivity contribution in [2.24, 2.45) is 0 Å². The van der Waals surface area contributed by atoms with Crippen LogP contribution in [-0.2, 0) is 9.59 Å². The average Bonchev–Trinajstić information content (AvgIpc) is 2.74. The number of Topliss-reactive ketones (excluding diaryl/α,β-unsaturated/α-hetero) is 2. The van der Waals surface area contributed by atoms with Gasteiger partial charge in [0.1, 0.15) is 17.1 Å². The fourth-order valence-electron chi connectivity index (χ4n) is 3.85. The number of hydrogen-bond acceptors (Lipinski definition) is 5. The predicted molar refractivity (Wildman–Crippen MR) is 125 cm³/mol. The van der Waals surface area contributed by atoms with Gasteiger partial charge in [-0.3, -0.25) is 9.59 Å². The van der Waals surface area contributed by atoms with Gasteiger partial charge < -0.3 is 15.3 Å². The minimum absolute atomic E-state index is 0.0273. The monoisotopic (exact) mass is 434 g/mol. The molecule has 0 fully saturated rings. The molecule has 0 aliphatic heterocycles. The van der Waals surface area contributed by atoms with Crippen molar-refractivity contribution in [2.45, 2.75) is 116 Å². The number of carbonyl (C=O) groups excluding carboxylic acids is 2. The summed E-state index contributed by atoms with van der Waals surface area (Å²) in [7, 11) is 0. The molecule has 3 N–H and O–H groups in total. The van der Waals surface area contributed by atoms with E-state index in [-0.39, 0.29) is 17.6 Å². The number of aliphatic hydroxyl groups is 3. The van der Waals surface area contributed by atoms with Crippen LogP contribution in [-0.4, -0.2) is 32.5 Å². The predicted octanol–water partition coefficient (Wildman–Crippen LogP) is 6.57. The van der Waals surface area contributed by atoms with Gasteiger partial charge in [-0.25, -0.2) is 0 Å². The minimum atomic E-state index is -2.16. The maximum atomic E-state index is 12.4. The molecular formula is C26H42O5. The first-order valence-corrected chi connectivity index (χ1v) is 12.0. The van der Waals surface area contributed by atoms with Crippen LogP contribution >= 0.6 is 0 Å². The molecule has 0 aromatic carbocycles. The van der Waals surface area contributed by atoms with E-state index in [4.69, 9.17) is 0 Å². The molecule has 1 rings (SSSR count). The van der Waals surface area contributed by atoms with Gasteiger partial charge in [0, 0.05) is 12.0 Å². The molecule has 1 aliphatic carbocycles. The van der Waals surface area contributed by atoms with Crippen LogP contribution < -0.4 is 0 Å². The van der Waals surface area contributed by atoms with Crippen molar-refractivity contribution in [2.75, 3.05) is 0 Å². The molecule has 31 heavy (non-hydrogen) atoms. The number of unbranched alkanes of at least 4 members (excludes halogenated alkanes) is 11. The second kappa shape index (κ2) is 14.2. The van der Waals surface area contributed by atoms with E-state index in [2.05, 4.69) is 19.1 Å². The Kier molecular flexibility index (Phi) is 12.5. The maximum absolute atomic E-state index is 12.4. The Morgan fingerprint density at radius 2 is 1.35 bits per heavy atom. The summed E-state index contributed by atoms with van der Waals surface area (Å²) in [5.41, 5.74) is -2.58.